The predicted octanol–water partition coefficient (Wildman–Crippen LogP) is 14.7. The van der Waals surface area contributed by atoms with Crippen LogP contribution in [0.15, 0.2) is 150 Å². The standard InChI is InChI=1S/C53H45NO/c1-53(2)44-18-9-8-16-41(44)51-45(53)19-11-20-46(51)54(38-24-22-35(23-25-38)34-12-4-3-5-13-34)47-31-43-50-42(49-36-27-32-26-33(29-36)30-37(49)28-32)17-10-21-48(50)55-52(43)40-15-7-6-14-39(40)47/h3-25,31-33,36-37,49H,26-30H2,1-2H3. The molecule has 0 aliphatic heterocycles. The highest BCUT2D eigenvalue weighted by molar-refractivity contribution is 6.20. The van der Waals surface area contributed by atoms with Gasteiger partial charge in [-0.15, -0.1) is 0 Å². The highest BCUT2D eigenvalue weighted by Gasteiger charge is 2.49. The van der Waals surface area contributed by atoms with E-state index in [9.17, 15) is 0 Å². The lowest BCUT2D eigenvalue weighted by Crippen LogP contribution is -2.43. The van der Waals surface area contributed by atoms with Crippen LogP contribution in [-0.4, -0.2) is 0 Å². The number of hydrogen-bond acceptors (Lipinski definition) is 2. The van der Waals surface area contributed by atoms with E-state index in [1.165, 1.54) is 104 Å². The lowest BCUT2D eigenvalue weighted by atomic mass is 9.50. The lowest BCUT2D eigenvalue weighted by molar-refractivity contribution is -0.00229. The highest BCUT2D eigenvalue weighted by Crippen LogP contribution is 2.61. The topological polar surface area (TPSA) is 16.4 Å². The van der Waals surface area contributed by atoms with E-state index in [4.69, 9.17) is 4.42 Å². The van der Waals surface area contributed by atoms with Crippen LogP contribution in [0.5, 0.6) is 0 Å². The second-order valence-electron chi connectivity index (χ2n) is 17.7. The predicted molar refractivity (Wildman–Crippen MR) is 229 cm³/mol. The molecule has 7 aromatic carbocycles. The van der Waals surface area contributed by atoms with Crippen LogP contribution in [0, 0.1) is 23.7 Å². The molecular weight excluding hydrogens is 667 g/mol. The Morgan fingerprint density at radius 2 is 1.20 bits per heavy atom. The van der Waals surface area contributed by atoms with Crippen molar-refractivity contribution in [3.8, 4) is 22.3 Å². The summed E-state index contributed by atoms with van der Waals surface area (Å²) < 4.78 is 6.99. The van der Waals surface area contributed by atoms with Gasteiger partial charge in [0.1, 0.15) is 11.2 Å². The molecule has 1 aromatic heterocycles. The van der Waals surface area contributed by atoms with Crippen LogP contribution in [0.25, 0.3) is 55.0 Å². The number of benzene rings is 7. The van der Waals surface area contributed by atoms with Gasteiger partial charge in [-0.05, 0) is 125 Å². The summed E-state index contributed by atoms with van der Waals surface area (Å²) in [5.41, 5.74) is 14.9. The molecule has 0 unspecified atom stereocenters. The smallest absolute Gasteiger partial charge is 0.143 e. The summed E-state index contributed by atoms with van der Waals surface area (Å²) >= 11 is 0. The monoisotopic (exact) mass is 711 g/mol. The van der Waals surface area contributed by atoms with Gasteiger partial charge in [0.05, 0.1) is 11.4 Å². The number of fused-ring (bicyclic) bond motifs is 8. The number of hydrogen-bond donors (Lipinski definition) is 0. The number of anilines is 3. The largest absolute Gasteiger partial charge is 0.455 e. The van der Waals surface area contributed by atoms with Gasteiger partial charge < -0.3 is 9.32 Å². The summed E-state index contributed by atoms with van der Waals surface area (Å²) in [6.45, 7) is 4.76. The van der Waals surface area contributed by atoms with Gasteiger partial charge in [-0.2, -0.15) is 0 Å². The summed E-state index contributed by atoms with van der Waals surface area (Å²) in [6, 6.07) is 54.3. The van der Waals surface area contributed by atoms with E-state index in [-0.39, 0.29) is 5.41 Å². The molecule has 2 nitrogen and oxygen atoms in total. The zero-order valence-electron chi connectivity index (χ0n) is 31.6. The van der Waals surface area contributed by atoms with Crippen molar-refractivity contribution in [3.63, 3.8) is 0 Å². The summed E-state index contributed by atoms with van der Waals surface area (Å²) in [4.78, 5) is 2.55. The molecule has 0 amide bonds. The van der Waals surface area contributed by atoms with Gasteiger partial charge in [-0.3, -0.25) is 0 Å². The Labute approximate surface area is 323 Å². The molecule has 55 heavy (non-hydrogen) atoms. The lowest BCUT2D eigenvalue weighted by Gasteiger charge is -2.54. The SMILES string of the molecule is CC1(C)c2ccccc2-c2c(N(c3ccc(-c4ccccc4)cc3)c3cc4c(oc5cccc(C6C7CC8CC(C7)CC6C8)c54)c4ccccc34)cccc21. The van der Waals surface area contributed by atoms with E-state index in [0.29, 0.717) is 5.92 Å². The molecule has 2 heteroatoms. The molecule has 0 radical (unpaired) electrons. The maximum atomic E-state index is 6.99. The minimum absolute atomic E-state index is 0.106. The van der Waals surface area contributed by atoms with Crippen molar-refractivity contribution in [3.05, 3.63) is 162 Å². The van der Waals surface area contributed by atoms with E-state index >= 15 is 0 Å². The first-order valence-corrected chi connectivity index (χ1v) is 20.6. The zero-order valence-corrected chi connectivity index (χ0v) is 31.6. The third kappa shape index (κ3) is 4.61. The van der Waals surface area contributed by atoms with Crippen LogP contribution < -0.4 is 4.90 Å². The van der Waals surface area contributed by atoms with Crippen LogP contribution in [0.3, 0.4) is 0 Å². The normalized spacial score (nSPS) is 23.1. The minimum atomic E-state index is -0.106. The summed E-state index contributed by atoms with van der Waals surface area (Å²) in [5.74, 6) is 4.09. The van der Waals surface area contributed by atoms with Gasteiger partial charge in [-0.25, -0.2) is 0 Å². The molecule has 0 N–H and O–H groups in total. The van der Waals surface area contributed by atoms with E-state index in [2.05, 4.69) is 164 Å². The minimum Gasteiger partial charge on any atom is -0.455 e. The van der Waals surface area contributed by atoms with Crippen molar-refractivity contribution in [1.82, 2.24) is 0 Å². The first-order valence-electron chi connectivity index (χ1n) is 20.6. The molecule has 4 fully saturated rings. The average Bonchev–Trinajstić information content (AvgIpc) is 3.71. The Morgan fingerprint density at radius 3 is 1.98 bits per heavy atom. The number of nitrogens with zero attached hydrogens (tertiary/aromatic N) is 1. The maximum absolute atomic E-state index is 6.99. The summed E-state index contributed by atoms with van der Waals surface area (Å²) in [7, 11) is 0. The Balaban J connectivity index is 1.14. The Bertz CT molecular complexity index is 2780. The number of furan rings is 1. The van der Waals surface area contributed by atoms with Gasteiger partial charge in [-0.1, -0.05) is 129 Å². The maximum Gasteiger partial charge on any atom is 0.143 e. The van der Waals surface area contributed by atoms with Crippen LogP contribution in [0.2, 0.25) is 0 Å². The quantitative estimate of drug-likeness (QED) is 0.177. The molecule has 268 valence electrons. The first kappa shape index (κ1) is 31.7. The fourth-order valence-electron chi connectivity index (χ4n) is 12.3. The van der Waals surface area contributed by atoms with Gasteiger partial charge in [0, 0.05) is 38.2 Å². The van der Waals surface area contributed by atoms with Crippen LogP contribution >= 0.6 is 0 Å². The van der Waals surface area contributed by atoms with Gasteiger partial charge >= 0.3 is 0 Å². The molecule has 5 aliphatic rings. The second-order valence-corrected chi connectivity index (χ2v) is 17.7. The van der Waals surface area contributed by atoms with Gasteiger partial charge in [0.25, 0.3) is 0 Å². The average molecular weight is 712 g/mol. The van der Waals surface area contributed by atoms with Gasteiger partial charge in [0.15, 0.2) is 0 Å². The van der Waals surface area contributed by atoms with Crippen LogP contribution in [0.4, 0.5) is 17.1 Å². The molecule has 8 aromatic rings. The van der Waals surface area contributed by atoms with Crippen molar-refractivity contribution in [2.75, 3.05) is 4.90 Å². The molecule has 0 spiro atoms. The highest BCUT2D eigenvalue weighted by atomic mass is 16.3. The fraction of sp³-hybridized carbons (Fsp3) is 0.245. The Kier molecular flexibility index (Phi) is 6.75. The van der Waals surface area contributed by atoms with Crippen molar-refractivity contribution < 1.29 is 4.42 Å². The van der Waals surface area contributed by atoms with Crippen LogP contribution in [0.1, 0.15) is 68.6 Å². The summed E-state index contributed by atoms with van der Waals surface area (Å²) in [5, 5.41) is 4.94. The van der Waals surface area contributed by atoms with E-state index in [1.54, 1.807) is 0 Å². The Morgan fingerprint density at radius 1 is 0.545 bits per heavy atom. The molecule has 4 bridgehead atoms. The van der Waals surface area contributed by atoms with Crippen molar-refractivity contribution in [2.24, 2.45) is 23.7 Å². The van der Waals surface area contributed by atoms with E-state index < -0.39 is 0 Å². The molecule has 0 atom stereocenters. The van der Waals surface area contributed by atoms with Crippen molar-refractivity contribution in [2.45, 2.75) is 57.3 Å². The van der Waals surface area contributed by atoms with E-state index in [0.717, 1.165) is 40.5 Å². The molecule has 4 saturated carbocycles. The summed E-state index contributed by atoms with van der Waals surface area (Å²) in [6.07, 6.45) is 7.09. The molecule has 1 heterocycles. The van der Waals surface area contributed by atoms with Crippen LogP contribution in [-0.2, 0) is 5.41 Å². The first-order chi connectivity index (χ1) is 27.0. The fourth-order valence-corrected chi connectivity index (χ4v) is 12.3. The zero-order chi connectivity index (χ0) is 36.4. The van der Waals surface area contributed by atoms with Gasteiger partial charge in [0.2, 0.25) is 0 Å². The molecular formula is C53H45NO. The second kappa shape index (κ2) is 11.7. The third-order valence-electron chi connectivity index (χ3n) is 14.4. The third-order valence-corrected chi connectivity index (χ3v) is 14.4. The van der Waals surface area contributed by atoms with Crippen molar-refractivity contribution >= 4 is 49.8 Å². The molecule has 5 aliphatic carbocycles. The Hall–Kier alpha value is -5.60. The molecule has 13 rings (SSSR count). The van der Waals surface area contributed by atoms with Crippen molar-refractivity contribution in [1.29, 1.82) is 0 Å². The number of rotatable bonds is 5. The van der Waals surface area contributed by atoms with E-state index in [1.807, 2.05) is 0 Å². The molecule has 0 saturated heterocycles.